The molecule has 88 valence electrons. The minimum Gasteiger partial charge on any atom is -0.430 e. The molecule has 0 aliphatic rings. The van der Waals surface area contributed by atoms with Crippen molar-refractivity contribution in [2.24, 2.45) is 0 Å². The zero-order valence-electron chi connectivity index (χ0n) is 9.17. The zero-order valence-corrected chi connectivity index (χ0v) is 9.17. The summed E-state index contributed by atoms with van der Waals surface area (Å²) in [6, 6.07) is 6.82. The van der Waals surface area contributed by atoms with Crippen LogP contribution < -0.4 is 4.74 Å². The summed E-state index contributed by atoms with van der Waals surface area (Å²) >= 11 is 0. The molecule has 0 saturated heterocycles. The largest absolute Gasteiger partial charge is 0.514 e. The van der Waals surface area contributed by atoms with E-state index in [9.17, 15) is 9.59 Å². The Morgan fingerprint density at radius 3 is 2.82 bits per heavy atom. The maximum atomic E-state index is 11.2. The van der Waals surface area contributed by atoms with Crippen LogP contribution in [0.4, 0.5) is 4.79 Å². The van der Waals surface area contributed by atoms with Gasteiger partial charge in [0.2, 0.25) is 0 Å². The summed E-state index contributed by atoms with van der Waals surface area (Å²) in [6.07, 6.45) is 4.14. The average molecular weight is 232 g/mol. The molecule has 0 fully saturated rings. The monoisotopic (exact) mass is 232 g/mol. The molecule has 0 atom stereocenters. The fourth-order valence-electron chi connectivity index (χ4n) is 1.10. The van der Waals surface area contributed by atoms with E-state index >= 15 is 0 Å². The van der Waals surface area contributed by atoms with Crippen molar-refractivity contribution in [3.8, 4) is 5.75 Å². The minimum atomic E-state index is -0.808. The first-order valence-corrected chi connectivity index (χ1v) is 4.94. The van der Waals surface area contributed by atoms with Gasteiger partial charge in [-0.05, 0) is 18.2 Å². The van der Waals surface area contributed by atoms with Crippen LogP contribution in [0.3, 0.4) is 0 Å². The number of hydrogen-bond acceptors (Lipinski definition) is 4. The van der Waals surface area contributed by atoms with Gasteiger partial charge >= 0.3 is 6.16 Å². The van der Waals surface area contributed by atoms with Crippen LogP contribution in [0, 0.1) is 0 Å². The number of allylic oxidation sites excluding steroid dienone is 1. The maximum absolute atomic E-state index is 11.2. The molecule has 0 unspecified atom stereocenters. The Bertz CT molecular complexity index is 435. The molecular formula is C13H12O4. The third kappa shape index (κ3) is 4.34. The molecule has 0 aliphatic carbocycles. The molecule has 1 aromatic carbocycles. The molecule has 0 aromatic heterocycles. The van der Waals surface area contributed by atoms with E-state index in [1.807, 2.05) is 0 Å². The van der Waals surface area contributed by atoms with Gasteiger partial charge in [0.15, 0.2) is 0 Å². The highest BCUT2D eigenvalue weighted by Crippen LogP contribution is 2.19. The molecule has 0 amide bonds. The number of carbonyl (C=O) groups excluding carboxylic acids is 2. The quantitative estimate of drug-likeness (QED) is 0.257. The Morgan fingerprint density at radius 2 is 2.12 bits per heavy atom. The Labute approximate surface area is 99.2 Å². The van der Waals surface area contributed by atoms with Crippen molar-refractivity contribution in [2.45, 2.75) is 0 Å². The second-order valence-electron chi connectivity index (χ2n) is 2.98. The van der Waals surface area contributed by atoms with Crippen LogP contribution in [-0.4, -0.2) is 19.0 Å². The van der Waals surface area contributed by atoms with Crippen molar-refractivity contribution in [3.05, 3.63) is 48.6 Å². The summed E-state index contributed by atoms with van der Waals surface area (Å²) in [6.45, 7) is 3.50. The average Bonchev–Trinajstić information content (AvgIpc) is 2.35. The van der Waals surface area contributed by atoms with Crippen LogP contribution >= 0.6 is 0 Å². The first kappa shape index (κ1) is 12.7. The summed E-state index contributed by atoms with van der Waals surface area (Å²) < 4.78 is 9.65. The predicted molar refractivity (Wildman–Crippen MR) is 63.7 cm³/mol. The van der Waals surface area contributed by atoms with Gasteiger partial charge in [-0.15, -0.1) is 0 Å². The van der Waals surface area contributed by atoms with Crippen LogP contribution in [0.25, 0.3) is 6.08 Å². The second-order valence-corrected chi connectivity index (χ2v) is 2.98. The molecule has 0 bridgehead atoms. The first-order chi connectivity index (χ1) is 8.27. The van der Waals surface area contributed by atoms with E-state index in [1.54, 1.807) is 30.3 Å². The Kier molecular flexibility index (Phi) is 5.24. The van der Waals surface area contributed by atoms with Gasteiger partial charge in [0.1, 0.15) is 18.6 Å². The lowest BCUT2D eigenvalue weighted by Crippen LogP contribution is -2.11. The minimum absolute atomic E-state index is 0.0885. The lowest BCUT2D eigenvalue weighted by Gasteiger charge is -2.06. The Hall–Kier alpha value is -2.36. The molecule has 0 aliphatic heterocycles. The smallest absolute Gasteiger partial charge is 0.430 e. The molecule has 0 N–H and O–H groups in total. The third-order valence-corrected chi connectivity index (χ3v) is 1.79. The van der Waals surface area contributed by atoms with Crippen molar-refractivity contribution in [1.29, 1.82) is 0 Å². The molecule has 4 nitrogen and oxygen atoms in total. The van der Waals surface area contributed by atoms with Gasteiger partial charge < -0.3 is 9.47 Å². The standard InChI is InChI=1S/C13H12O4/c1-2-10-16-13(15)17-12-8-4-3-6-11(12)7-5-9-14/h2-9H,1,10H2/b7-5+. The zero-order chi connectivity index (χ0) is 12.5. The number of aldehydes is 1. The Morgan fingerprint density at radius 1 is 1.35 bits per heavy atom. The fraction of sp³-hybridized carbons (Fsp3) is 0.0769. The van der Waals surface area contributed by atoms with E-state index in [1.165, 1.54) is 12.2 Å². The summed E-state index contributed by atoms with van der Waals surface area (Å²) in [5, 5.41) is 0. The highest BCUT2D eigenvalue weighted by Gasteiger charge is 2.07. The molecule has 0 spiro atoms. The van der Waals surface area contributed by atoms with Crippen LogP contribution in [-0.2, 0) is 9.53 Å². The Balaban J connectivity index is 2.75. The summed E-state index contributed by atoms with van der Waals surface area (Å²) in [4.78, 5) is 21.4. The van der Waals surface area contributed by atoms with E-state index in [0.29, 0.717) is 17.6 Å². The molecule has 0 heterocycles. The number of hydrogen-bond donors (Lipinski definition) is 0. The number of para-hydroxylation sites is 1. The van der Waals surface area contributed by atoms with E-state index in [-0.39, 0.29) is 6.61 Å². The number of carbonyl (C=O) groups is 2. The van der Waals surface area contributed by atoms with Gasteiger partial charge in [0.05, 0.1) is 0 Å². The van der Waals surface area contributed by atoms with Crippen LogP contribution in [0.2, 0.25) is 0 Å². The lowest BCUT2D eigenvalue weighted by molar-refractivity contribution is -0.104. The summed E-state index contributed by atoms with van der Waals surface area (Å²) in [5.41, 5.74) is 0.621. The normalized spacial score (nSPS) is 9.88. The van der Waals surface area contributed by atoms with Crippen molar-refractivity contribution in [2.75, 3.05) is 6.61 Å². The second kappa shape index (κ2) is 7.00. The van der Waals surface area contributed by atoms with Crippen molar-refractivity contribution >= 4 is 18.5 Å². The fourth-order valence-corrected chi connectivity index (χ4v) is 1.10. The molecule has 17 heavy (non-hydrogen) atoms. The summed E-state index contributed by atoms with van der Waals surface area (Å²) in [5.74, 6) is 0.333. The van der Waals surface area contributed by atoms with Gasteiger partial charge in [-0.25, -0.2) is 4.79 Å². The molecule has 1 rings (SSSR count). The molecular weight excluding hydrogens is 220 g/mol. The highest BCUT2D eigenvalue weighted by atomic mass is 16.7. The van der Waals surface area contributed by atoms with Crippen LogP contribution in [0.15, 0.2) is 43.0 Å². The first-order valence-electron chi connectivity index (χ1n) is 4.94. The van der Waals surface area contributed by atoms with Gasteiger partial charge in [-0.1, -0.05) is 30.9 Å². The highest BCUT2D eigenvalue weighted by molar-refractivity contribution is 5.76. The topological polar surface area (TPSA) is 52.6 Å². The number of ether oxygens (including phenoxy) is 2. The number of rotatable bonds is 5. The van der Waals surface area contributed by atoms with Crippen molar-refractivity contribution < 1.29 is 19.1 Å². The third-order valence-electron chi connectivity index (χ3n) is 1.79. The van der Waals surface area contributed by atoms with Gasteiger partial charge in [0.25, 0.3) is 0 Å². The van der Waals surface area contributed by atoms with Crippen LogP contribution in [0.5, 0.6) is 5.75 Å². The van der Waals surface area contributed by atoms with Crippen molar-refractivity contribution in [3.63, 3.8) is 0 Å². The van der Waals surface area contributed by atoms with E-state index < -0.39 is 6.16 Å². The molecule has 4 heteroatoms. The maximum Gasteiger partial charge on any atom is 0.514 e. The SMILES string of the molecule is C=CCOC(=O)Oc1ccccc1/C=C/C=O. The lowest BCUT2D eigenvalue weighted by atomic mass is 10.2. The van der Waals surface area contributed by atoms with Gasteiger partial charge in [0, 0.05) is 5.56 Å². The predicted octanol–water partition coefficient (Wildman–Crippen LogP) is 2.60. The van der Waals surface area contributed by atoms with Gasteiger partial charge in [-0.2, -0.15) is 0 Å². The molecule has 0 saturated carbocycles. The molecule has 0 radical (unpaired) electrons. The van der Waals surface area contributed by atoms with E-state index in [0.717, 1.165) is 0 Å². The van der Waals surface area contributed by atoms with Crippen molar-refractivity contribution in [1.82, 2.24) is 0 Å². The summed E-state index contributed by atoms with van der Waals surface area (Å²) in [7, 11) is 0. The van der Waals surface area contributed by atoms with E-state index in [4.69, 9.17) is 4.74 Å². The van der Waals surface area contributed by atoms with Crippen LogP contribution in [0.1, 0.15) is 5.56 Å². The van der Waals surface area contributed by atoms with E-state index in [2.05, 4.69) is 11.3 Å². The molecule has 1 aromatic rings. The number of benzene rings is 1. The van der Waals surface area contributed by atoms with Gasteiger partial charge in [-0.3, -0.25) is 4.79 Å².